The van der Waals surface area contributed by atoms with Gasteiger partial charge in [0.05, 0.1) is 6.04 Å². The second kappa shape index (κ2) is 8.30. The van der Waals surface area contributed by atoms with Crippen molar-refractivity contribution in [2.24, 2.45) is 0 Å². The zero-order valence-electron chi connectivity index (χ0n) is 13.5. The Morgan fingerprint density at radius 1 is 1.21 bits per heavy atom. The highest BCUT2D eigenvalue weighted by atomic mass is 32.1. The van der Waals surface area contributed by atoms with E-state index in [2.05, 4.69) is 10.2 Å². The van der Waals surface area contributed by atoms with Crippen molar-refractivity contribution in [3.05, 3.63) is 57.5 Å². The van der Waals surface area contributed by atoms with Gasteiger partial charge in [-0.25, -0.2) is 13.2 Å². The molecule has 0 radical (unpaired) electrons. The highest BCUT2D eigenvalue weighted by molar-refractivity contribution is 7.07. The van der Waals surface area contributed by atoms with E-state index in [0.717, 1.165) is 18.7 Å². The predicted octanol–water partition coefficient (Wildman–Crippen LogP) is 3.98. The van der Waals surface area contributed by atoms with Crippen LogP contribution >= 0.6 is 11.3 Å². The number of carbonyl (C=O) groups is 1. The van der Waals surface area contributed by atoms with Crippen molar-refractivity contribution in [2.45, 2.75) is 19.9 Å². The van der Waals surface area contributed by atoms with E-state index >= 15 is 0 Å². The van der Waals surface area contributed by atoms with Gasteiger partial charge in [-0.3, -0.25) is 9.69 Å². The Bertz CT molecular complexity index is 664. The van der Waals surface area contributed by atoms with Gasteiger partial charge in [-0.2, -0.15) is 11.3 Å². The largest absolute Gasteiger partial charge is 0.350 e. The van der Waals surface area contributed by atoms with Crippen molar-refractivity contribution in [1.82, 2.24) is 10.2 Å². The standard InChI is InChI=1S/C17H19F3N2OS/c1-3-22(4-2)15(11-5-6-24-10-11)9-21-17(23)16-13(19)7-12(18)8-14(16)20/h5-8,10,15H,3-4,9H2,1-2H3,(H,21,23)/t15-/m0/s1. The molecule has 0 spiro atoms. The lowest BCUT2D eigenvalue weighted by molar-refractivity contribution is 0.0926. The molecule has 0 aliphatic carbocycles. The summed E-state index contributed by atoms with van der Waals surface area (Å²) in [6, 6.07) is 2.86. The van der Waals surface area contributed by atoms with Crippen molar-refractivity contribution in [1.29, 1.82) is 0 Å². The van der Waals surface area contributed by atoms with Gasteiger partial charge in [0.25, 0.3) is 5.91 Å². The normalized spacial score (nSPS) is 12.4. The van der Waals surface area contributed by atoms with Gasteiger partial charge in [0.2, 0.25) is 0 Å². The number of hydrogen-bond acceptors (Lipinski definition) is 3. The third kappa shape index (κ3) is 4.15. The molecule has 1 aromatic carbocycles. The summed E-state index contributed by atoms with van der Waals surface area (Å²) in [6.07, 6.45) is 0. The Labute approximate surface area is 143 Å². The molecule has 0 unspecified atom stereocenters. The SMILES string of the molecule is CCN(CC)[C@@H](CNC(=O)c1c(F)cc(F)cc1F)c1ccsc1. The van der Waals surface area contributed by atoms with Crippen LogP contribution in [0.2, 0.25) is 0 Å². The monoisotopic (exact) mass is 356 g/mol. The molecule has 1 N–H and O–H groups in total. The highest BCUT2D eigenvalue weighted by Crippen LogP contribution is 2.22. The summed E-state index contributed by atoms with van der Waals surface area (Å²) in [5, 5.41) is 6.48. The molecule has 0 aliphatic rings. The van der Waals surface area contributed by atoms with E-state index in [-0.39, 0.29) is 12.6 Å². The van der Waals surface area contributed by atoms with E-state index in [1.165, 1.54) is 0 Å². The smallest absolute Gasteiger partial charge is 0.257 e. The highest BCUT2D eigenvalue weighted by Gasteiger charge is 2.23. The minimum absolute atomic E-state index is 0.0956. The Balaban J connectivity index is 2.16. The van der Waals surface area contributed by atoms with Crippen LogP contribution in [0.4, 0.5) is 13.2 Å². The molecule has 0 fully saturated rings. The molecule has 1 atom stereocenters. The number of hydrogen-bond donors (Lipinski definition) is 1. The van der Waals surface area contributed by atoms with Crippen molar-refractivity contribution in [3.8, 4) is 0 Å². The third-order valence-electron chi connectivity index (χ3n) is 3.87. The van der Waals surface area contributed by atoms with Crippen LogP contribution in [0.5, 0.6) is 0 Å². The molecule has 0 saturated heterocycles. The van der Waals surface area contributed by atoms with Crippen molar-refractivity contribution in [3.63, 3.8) is 0 Å². The number of halogens is 3. The van der Waals surface area contributed by atoms with Crippen LogP contribution in [-0.4, -0.2) is 30.4 Å². The molecule has 0 saturated carbocycles. The van der Waals surface area contributed by atoms with Crippen LogP contribution in [0, 0.1) is 17.5 Å². The molecule has 2 rings (SSSR count). The summed E-state index contributed by atoms with van der Waals surface area (Å²) in [4.78, 5) is 14.3. The van der Waals surface area contributed by atoms with E-state index in [0.29, 0.717) is 12.1 Å². The fourth-order valence-corrected chi connectivity index (χ4v) is 3.33. The Morgan fingerprint density at radius 2 is 1.83 bits per heavy atom. The molecular formula is C17H19F3N2OS. The van der Waals surface area contributed by atoms with E-state index < -0.39 is 28.9 Å². The number of carbonyl (C=O) groups excluding carboxylic acids is 1. The van der Waals surface area contributed by atoms with Gasteiger partial charge in [-0.15, -0.1) is 0 Å². The fourth-order valence-electron chi connectivity index (χ4n) is 2.62. The summed E-state index contributed by atoms with van der Waals surface area (Å²) >= 11 is 1.54. The summed E-state index contributed by atoms with van der Waals surface area (Å²) in [7, 11) is 0. The van der Waals surface area contributed by atoms with Gasteiger partial charge >= 0.3 is 0 Å². The van der Waals surface area contributed by atoms with E-state index in [4.69, 9.17) is 0 Å². The van der Waals surface area contributed by atoms with Gasteiger partial charge < -0.3 is 5.32 Å². The molecule has 7 heteroatoms. The molecule has 2 aromatic rings. The first-order valence-electron chi connectivity index (χ1n) is 7.66. The van der Waals surface area contributed by atoms with Crippen LogP contribution in [0.1, 0.15) is 35.8 Å². The molecule has 24 heavy (non-hydrogen) atoms. The van der Waals surface area contributed by atoms with E-state index in [1.54, 1.807) is 11.3 Å². The first-order valence-corrected chi connectivity index (χ1v) is 8.61. The van der Waals surface area contributed by atoms with Crippen LogP contribution in [0.25, 0.3) is 0 Å². The lowest BCUT2D eigenvalue weighted by Gasteiger charge is -2.29. The summed E-state index contributed by atoms with van der Waals surface area (Å²) in [5.74, 6) is -4.36. The number of benzene rings is 1. The minimum Gasteiger partial charge on any atom is -0.350 e. The first kappa shape index (κ1) is 18.5. The minimum atomic E-state index is -1.21. The number of nitrogens with one attached hydrogen (secondary N) is 1. The van der Waals surface area contributed by atoms with Crippen LogP contribution in [-0.2, 0) is 0 Å². The zero-order valence-corrected chi connectivity index (χ0v) is 14.3. The van der Waals surface area contributed by atoms with Gasteiger partial charge in [0.15, 0.2) is 0 Å². The maximum absolute atomic E-state index is 13.7. The average Bonchev–Trinajstić information content (AvgIpc) is 3.04. The molecule has 3 nitrogen and oxygen atoms in total. The Kier molecular flexibility index (Phi) is 6.39. The maximum atomic E-state index is 13.7. The maximum Gasteiger partial charge on any atom is 0.257 e. The second-order valence-corrected chi connectivity index (χ2v) is 6.03. The second-order valence-electron chi connectivity index (χ2n) is 5.25. The molecule has 0 aliphatic heterocycles. The van der Waals surface area contributed by atoms with Gasteiger partial charge in [0, 0.05) is 18.7 Å². The molecule has 1 amide bonds. The molecule has 1 aromatic heterocycles. The van der Waals surface area contributed by atoms with E-state index in [1.807, 2.05) is 30.7 Å². The topological polar surface area (TPSA) is 32.3 Å². The van der Waals surface area contributed by atoms with Crippen molar-refractivity contribution >= 4 is 17.2 Å². The lowest BCUT2D eigenvalue weighted by atomic mass is 10.1. The average molecular weight is 356 g/mol. The number of likely N-dealkylation sites (N-methyl/N-ethyl adjacent to an activating group) is 1. The van der Waals surface area contributed by atoms with Gasteiger partial charge in [-0.05, 0) is 35.5 Å². The van der Waals surface area contributed by atoms with Crippen molar-refractivity contribution < 1.29 is 18.0 Å². The Hall–Kier alpha value is -1.86. The Morgan fingerprint density at radius 3 is 2.33 bits per heavy atom. The third-order valence-corrected chi connectivity index (χ3v) is 4.57. The van der Waals surface area contributed by atoms with Gasteiger partial charge in [-0.1, -0.05) is 13.8 Å². The number of rotatable bonds is 7. The predicted molar refractivity (Wildman–Crippen MR) is 88.6 cm³/mol. The van der Waals surface area contributed by atoms with Crippen LogP contribution < -0.4 is 5.32 Å². The van der Waals surface area contributed by atoms with Crippen LogP contribution in [0.3, 0.4) is 0 Å². The number of amides is 1. The quantitative estimate of drug-likeness (QED) is 0.814. The summed E-state index contributed by atoms with van der Waals surface area (Å²) in [5.41, 5.74) is 0.268. The van der Waals surface area contributed by atoms with Crippen molar-refractivity contribution in [2.75, 3.05) is 19.6 Å². The number of nitrogens with zero attached hydrogens (tertiary/aromatic N) is 1. The van der Waals surface area contributed by atoms with Crippen LogP contribution in [0.15, 0.2) is 29.0 Å². The lowest BCUT2D eigenvalue weighted by Crippen LogP contribution is -2.38. The molecular weight excluding hydrogens is 337 g/mol. The first-order chi connectivity index (χ1) is 11.5. The summed E-state index contributed by atoms with van der Waals surface area (Å²) < 4.78 is 40.4. The molecule has 1 heterocycles. The molecule has 130 valence electrons. The molecule has 0 bridgehead atoms. The van der Waals surface area contributed by atoms with E-state index in [9.17, 15) is 18.0 Å². The fraction of sp³-hybridized carbons (Fsp3) is 0.353. The summed E-state index contributed by atoms with van der Waals surface area (Å²) in [6.45, 7) is 5.75. The zero-order chi connectivity index (χ0) is 17.7. The number of thiophene rings is 1. The van der Waals surface area contributed by atoms with Gasteiger partial charge in [0.1, 0.15) is 23.0 Å².